The van der Waals surface area contributed by atoms with Gasteiger partial charge in [0.25, 0.3) is 0 Å². The Bertz CT molecular complexity index is 594. The zero-order chi connectivity index (χ0) is 14.8. The minimum atomic E-state index is -0.466. The Balaban J connectivity index is 0.00000176. The number of rotatable bonds is 4. The number of aromatic nitrogens is 3. The highest BCUT2D eigenvalue weighted by Gasteiger charge is 2.28. The predicted molar refractivity (Wildman–Crippen MR) is 89.9 cm³/mol. The molecule has 0 aromatic carbocycles. The number of hydrogen-bond donors (Lipinski definition) is 2. The zero-order valence-corrected chi connectivity index (χ0v) is 14.2. The molecule has 2 aromatic rings. The number of likely N-dealkylation sites (tertiary alicyclic amines) is 1. The van der Waals surface area contributed by atoms with Gasteiger partial charge in [-0.2, -0.15) is 0 Å². The topological polar surface area (TPSA) is 80.2 Å². The molecule has 1 atom stereocenters. The molecule has 0 amide bonds. The van der Waals surface area contributed by atoms with Gasteiger partial charge < -0.3 is 15.4 Å². The lowest BCUT2D eigenvalue weighted by atomic mass is 9.90. The van der Waals surface area contributed by atoms with Crippen molar-refractivity contribution in [3.8, 4) is 0 Å². The summed E-state index contributed by atoms with van der Waals surface area (Å²) in [6.07, 6.45) is 6.98. The monoisotopic (exact) mass is 343 g/mol. The van der Waals surface area contributed by atoms with E-state index in [1.54, 1.807) is 17.5 Å². The maximum Gasteiger partial charge on any atom is 0.180 e. The van der Waals surface area contributed by atoms with Gasteiger partial charge in [0.05, 0.1) is 0 Å². The molecule has 1 fully saturated rings. The molecule has 8 heteroatoms. The number of hydrogen-bond acceptors (Lipinski definition) is 6. The Labute approximate surface area is 140 Å². The van der Waals surface area contributed by atoms with Gasteiger partial charge in [0.15, 0.2) is 5.13 Å². The van der Waals surface area contributed by atoms with Gasteiger partial charge in [-0.25, -0.2) is 9.97 Å². The van der Waals surface area contributed by atoms with Gasteiger partial charge in [0.1, 0.15) is 11.9 Å². The third kappa shape index (κ3) is 3.78. The number of anilines is 1. The normalized spacial score (nSPS) is 18.1. The van der Waals surface area contributed by atoms with E-state index in [4.69, 9.17) is 5.73 Å². The van der Waals surface area contributed by atoms with Crippen molar-refractivity contribution >= 4 is 28.9 Å². The van der Waals surface area contributed by atoms with Crippen molar-refractivity contribution in [2.75, 3.05) is 18.8 Å². The van der Waals surface area contributed by atoms with Crippen LogP contribution >= 0.6 is 23.7 Å². The van der Waals surface area contributed by atoms with Gasteiger partial charge in [0.2, 0.25) is 0 Å². The number of nitrogen functional groups attached to an aromatic ring is 1. The maximum absolute atomic E-state index is 10.5. The van der Waals surface area contributed by atoms with Crippen LogP contribution in [0.25, 0.3) is 0 Å². The van der Waals surface area contributed by atoms with Crippen LogP contribution in [0.3, 0.4) is 0 Å². The summed E-state index contributed by atoms with van der Waals surface area (Å²) in [6, 6.07) is 0. The highest BCUT2D eigenvalue weighted by molar-refractivity contribution is 7.15. The zero-order valence-electron chi connectivity index (χ0n) is 12.6. The number of halogens is 1. The molecule has 1 aliphatic rings. The molecule has 0 saturated carbocycles. The van der Waals surface area contributed by atoms with Crippen molar-refractivity contribution < 1.29 is 5.11 Å². The number of thiazole rings is 1. The fraction of sp³-hybridized carbons (Fsp3) is 0.571. The third-order valence-corrected chi connectivity index (χ3v) is 4.96. The molecule has 0 radical (unpaired) electrons. The summed E-state index contributed by atoms with van der Waals surface area (Å²) in [6.45, 7) is 2.88. The van der Waals surface area contributed by atoms with Crippen LogP contribution in [0.15, 0.2) is 18.6 Å². The quantitative estimate of drug-likeness (QED) is 0.885. The number of aliphatic hydroxyl groups excluding tert-OH is 1. The van der Waals surface area contributed by atoms with E-state index in [2.05, 4.69) is 14.9 Å². The van der Waals surface area contributed by atoms with Gasteiger partial charge in [0, 0.05) is 37.1 Å². The smallest absolute Gasteiger partial charge is 0.180 e. The van der Waals surface area contributed by atoms with Crippen molar-refractivity contribution in [2.45, 2.75) is 25.5 Å². The van der Waals surface area contributed by atoms with Crippen molar-refractivity contribution in [1.82, 2.24) is 19.4 Å². The Morgan fingerprint density at radius 2 is 2.14 bits per heavy atom. The van der Waals surface area contributed by atoms with Crippen LogP contribution in [-0.2, 0) is 13.6 Å². The molecule has 3 heterocycles. The van der Waals surface area contributed by atoms with E-state index in [-0.39, 0.29) is 18.3 Å². The number of nitrogens with two attached hydrogens (primary N) is 1. The van der Waals surface area contributed by atoms with Crippen molar-refractivity contribution in [1.29, 1.82) is 0 Å². The summed E-state index contributed by atoms with van der Waals surface area (Å²) in [5.74, 6) is 1.05. The SMILES string of the molecule is Cl.Cn1ccnc1C(O)C1CCN(Cc2cnc(N)s2)CC1. The lowest BCUT2D eigenvalue weighted by Gasteiger charge is -2.33. The number of imidazole rings is 1. The highest BCUT2D eigenvalue weighted by Crippen LogP contribution is 2.30. The molecule has 122 valence electrons. The Morgan fingerprint density at radius 3 is 2.68 bits per heavy atom. The molecule has 2 aromatic heterocycles. The largest absolute Gasteiger partial charge is 0.385 e. The predicted octanol–water partition coefficient (Wildman–Crippen LogP) is 1.83. The van der Waals surface area contributed by atoms with E-state index in [0.29, 0.717) is 5.13 Å². The Kier molecular flexibility index (Phi) is 5.80. The van der Waals surface area contributed by atoms with E-state index in [0.717, 1.165) is 38.3 Å². The first-order valence-corrected chi connectivity index (χ1v) is 8.03. The first kappa shape index (κ1) is 17.2. The second kappa shape index (κ2) is 7.41. The van der Waals surface area contributed by atoms with Crippen molar-refractivity contribution in [3.63, 3.8) is 0 Å². The molecular weight excluding hydrogens is 322 g/mol. The number of nitrogens with zero attached hydrogens (tertiary/aromatic N) is 4. The molecule has 0 aliphatic carbocycles. The van der Waals surface area contributed by atoms with E-state index in [9.17, 15) is 5.11 Å². The van der Waals surface area contributed by atoms with Crippen LogP contribution in [0.2, 0.25) is 0 Å². The van der Waals surface area contributed by atoms with Gasteiger partial charge in [-0.05, 0) is 31.8 Å². The van der Waals surface area contributed by atoms with Crippen LogP contribution in [0.5, 0.6) is 0 Å². The van der Waals surface area contributed by atoms with E-state index >= 15 is 0 Å². The summed E-state index contributed by atoms with van der Waals surface area (Å²) in [5.41, 5.74) is 5.66. The molecule has 1 aliphatic heterocycles. The number of aliphatic hydroxyl groups is 1. The second-order valence-electron chi connectivity index (χ2n) is 5.62. The first-order chi connectivity index (χ1) is 10.1. The second-order valence-corrected chi connectivity index (χ2v) is 6.77. The van der Waals surface area contributed by atoms with E-state index in [1.165, 1.54) is 4.88 Å². The Morgan fingerprint density at radius 1 is 1.41 bits per heavy atom. The minimum Gasteiger partial charge on any atom is -0.385 e. The molecule has 1 saturated heterocycles. The van der Waals surface area contributed by atoms with Crippen molar-refractivity contribution in [2.24, 2.45) is 13.0 Å². The number of aryl methyl sites for hydroxylation is 1. The minimum absolute atomic E-state index is 0. The Hall–Kier alpha value is -1.15. The standard InChI is InChI=1S/C14H21N5OS.ClH/c1-18-7-4-16-13(18)12(20)10-2-5-19(6-3-10)9-11-8-17-14(15)21-11;/h4,7-8,10,12,20H,2-3,5-6,9H2,1H3,(H2,15,17);1H. The molecular formula is C14H22ClN5OS. The maximum atomic E-state index is 10.5. The van der Waals surface area contributed by atoms with Gasteiger partial charge >= 0.3 is 0 Å². The van der Waals surface area contributed by atoms with Crippen LogP contribution < -0.4 is 5.73 Å². The molecule has 6 nitrogen and oxygen atoms in total. The van der Waals surface area contributed by atoms with Crippen LogP contribution in [-0.4, -0.2) is 37.6 Å². The molecule has 22 heavy (non-hydrogen) atoms. The summed E-state index contributed by atoms with van der Waals surface area (Å²) < 4.78 is 1.90. The molecule has 0 bridgehead atoms. The van der Waals surface area contributed by atoms with Crippen LogP contribution in [0, 0.1) is 5.92 Å². The summed E-state index contributed by atoms with van der Waals surface area (Å²) in [7, 11) is 1.93. The fourth-order valence-corrected chi connectivity index (χ4v) is 3.64. The third-order valence-electron chi connectivity index (χ3n) is 4.15. The average Bonchev–Trinajstić information content (AvgIpc) is 3.08. The van der Waals surface area contributed by atoms with Gasteiger partial charge in [-0.1, -0.05) is 0 Å². The lowest BCUT2D eigenvalue weighted by Crippen LogP contribution is -2.35. The summed E-state index contributed by atoms with van der Waals surface area (Å²) in [5, 5.41) is 11.1. The highest BCUT2D eigenvalue weighted by atomic mass is 35.5. The first-order valence-electron chi connectivity index (χ1n) is 7.21. The van der Waals surface area contributed by atoms with Gasteiger partial charge in [-0.3, -0.25) is 4.90 Å². The fourth-order valence-electron chi connectivity index (χ4n) is 2.92. The summed E-state index contributed by atoms with van der Waals surface area (Å²) in [4.78, 5) is 11.9. The number of piperidine rings is 1. The van der Waals surface area contributed by atoms with Crippen LogP contribution in [0.4, 0.5) is 5.13 Å². The van der Waals surface area contributed by atoms with E-state index < -0.39 is 6.10 Å². The molecule has 3 rings (SSSR count). The average molecular weight is 344 g/mol. The van der Waals surface area contributed by atoms with Crippen LogP contribution in [0.1, 0.15) is 29.6 Å². The van der Waals surface area contributed by atoms with E-state index in [1.807, 2.05) is 24.0 Å². The molecule has 3 N–H and O–H groups in total. The lowest BCUT2D eigenvalue weighted by molar-refractivity contribution is 0.0494. The molecule has 0 spiro atoms. The summed E-state index contributed by atoms with van der Waals surface area (Å²) >= 11 is 1.55. The van der Waals surface area contributed by atoms with Gasteiger partial charge in [-0.15, -0.1) is 23.7 Å². The van der Waals surface area contributed by atoms with Crippen molar-refractivity contribution in [3.05, 3.63) is 29.3 Å². The molecule has 1 unspecified atom stereocenters.